The maximum Gasteiger partial charge on any atom is 0.317 e. The Bertz CT molecular complexity index is 670. The number of hydrogen-bond acceptors (Lipinski definition) is 5. The van der Waals surface area contributed by atoms with E-state index >= 15 is 0 Å². The van der Waals surface area contributed by atoms with Crippen molar-refractivity contribution in [2.24, 2.45) is 5.92 Å². The van der Waals surface area contributed by atoms with Crippen LogP contribution in [0.2, 0.25) is 0 Å². The van der Waals surface area contributed by atoms with Crippen molar-refractivity contribution in [3.05, 3.63) is 23.8 Å². The number of carbonyl (C=O) groups is 1. The molecule has 0 unspecified atom stereocenters. The third kappa shape index (κ3) is 4.05. The van der Waals surface area contributed by atoms with Crippen LogP contribution in [0.1, 0.15) is 31.2 Å². The molecular weight excluding hydrogens is 320 g/mol. The van der Waals surface area contributed by atoms with Crippen LogP contribution in [0.15, 0.2) is 18.2 Å². The molecule has 3 rings (SSSR count). The molecule has 1 aromatic carbocycles. The van der Waals surface area contributed by atoms with Crippen molar-refractivity contribution in [3.63, 3.8) is 0 Å². The van der Waals surface area contributed by atoms with Crippen LogP contribution in [0.3, 0.4) is 0 Å². The Morgan fingerprint density at radius 2 is 2.08 bits per heavy atom. The van der Waals surface area contributed by atoms with Crippen molar-refractivity contribution in [2.45, 2.75) is 31.1 Å². The number of benzene rings is 1. The fourth-order valence-corrected chi connectivity index (χ4v) is 3.33. The smallest absolute Gasteiger partial charge is 0.317 e. The van der Waals surface area contributed by atoms with Gasteiger partial charge in [-0.25, -0.2) is 0 Å². The summed E-state index contributed by atoms with van der Waals surface area (Å²) in [4.78, 5) is 12.8. The molecule has 1 aliphatic carbocycles. The van der Waals surface area contributed by atoms with E-state index in [4.69, 9.17) is 14.6 Å². The first-order valence-corrected chi connectivity index (χ1v) is 8.73. The third-order valence-corrected chi connectivity index (χ3v) is 5.17. The molecule has 1 saturated carbocycles. The molecule has 0 aromatic heterocycles. The SMILES string of the molecule is COc1ccc(C2(C#N)CCN(CC(=O)O)CC2)cc1OCC1CC1. The van der Waals surface area contributed by atoms with Crippen LogP contribution in [0.4, 0.5) is 0 Å². The molecule has 1 heterocycles. The predicted molar refractivity (Wildman–Crippen MR) is 91.8 cm³/mol. The molecular formula is C19H24N2O4. The van der Waals surface area contributed by atoms with Crippen molar-refractivity contribution in [1.82, 2.24) is 4.90 Å². The van der Waals surface area contributed by atoms with Gasteiger partial charge in [0.1, 0.15) is 0 Å². The molecule has 1 saturated heterocycles. The Hall–Kier alpha value is -2.26. The van der Waals surface area contributed by atoms with Crippen LogP contribution in [0.25, 0.3) is 0 Å². The Balaban J connectivity index is 1.77. The Kier molecular flexibility index (Phi) is 5.14. The molecule has 0 amide bonds. The lowest BCUT2D eigenvalue weighted by Crippen LogP contribution is -2.43. The predicted octanol–water partition coefficient (Wildman–Crippen LogP) is 2.43. The van der Waals surface area contributed by atoms with E-state index in [0.29, 0.717) is 50.0 Å². The van der Waals surface area contributed by atoms with Gasteiger partial charge < -0.3 is 14.6 Å². The van der Waals surface area contributed by atoms with E-state index in [0.717, 1.165) is 5.56 Å². The molecule has 0 radical (unpaired) electrons. The number of aliphatic carboxylic acids is 1. The molecule has 1 N–H and O–H groups in total. The normalized spacial score (nSPS) is 19.8. The van der Waals surface area contributed by atoms with Gasteiger partial charge in [0.05, 0.1) is 31.7 Å². The van der Waals surface area contributed by atoms with E-state index in [1.54, 1.807) is 7.11 Å². The van der Waals surface area contributed by atoms with Crippen molar-refractivity contribution in [1.29, 1.82) is 5.26 Å². The highest BCUT2D eigenvalue weighted by Gasteiger charge is 2.37. The first-order chi connectivity index (χ1) is 12.1. The van der Waals surface area contributed by atoms with Gasteiger partial charge in [0, 0.05) is 13.1 Å². The average Bonchev–Trinajstić information content (AvgIpc) is 3.44. The molecule has 134 valence electrons. The highest BCUT2D eigenvalue weighted by atomic mass is 16.5. The monoisotopic (exact) mass is 344 g/mol. The van der Waals surface area contributed by atoms with Crippen LogP contribution in [0.5, 0.6) is 11.5 Å². The van der Waals surface area contributed by atoms with Crippen molar-refractivity contribution < 1.29 is 19.4 Å². The summed E-state index contributed by atoms with van der Waals surface area (Å²) in [7, 11) is 1.61. The van der Waals surface area contributed by atoms with E-state index in [2.05, 4.69) is 6.07 Å². The summed E-state index contributed by atoms with van der Waals surface area (Å²) >= 11 is 0. The van der Waals surface area contributed by atoms with Gasteiger partial charge >= 0.3 is 5.97 Å². The Labute approximate surface area is 147 Å². The zero-order valence-corrected chi connectivity index (χ0v) is 14.5. The number of hydrogen-bond donors (Lipinski definition) is 1. The first-order valence-electron chi connectivity index (χ1n) is 8.73. The Morgan fingerprint density at radius 3 is 2.64 bits per heavy atom. The lowest BCUT2D eigenvalue weighted by Gasteiger charge is -2.37. The van der Waals surface area contributed by atoms with E-state index in [1.165, 1.54) is 12.8 Å². The largest absolute Gasteiger partial charge is 0.493 e. The molecule has 2 fully saturated rings. The van der Waals surface area contributed by atoms with Gasteiger partial charge in [0.25, 0.3) is 0 Å². The standard InChI is InChI=1S/C19H24N2O4/c1-24-16-5-4-15(10-17(16)25-12-14-2-3-14)19(13-20)6-8-21(9-7-19)11-18(22)23/h4-5,10,14H,2-3,6-9,11-12H2,1H3,(H,22,23). The number of carboxylic acids is 1. The van der Waals surface area contributed by atoms with Crippen LogP contribution >= 0.6 is 0 Å². The summed E-state index contributed by atoms with van der Waals surface area (Å²) in [5.41, 5.74) is 0.329. The highest BCUT2D eigenvalue weighted by Crippen LogP contribution is 2.40. The lowest BCUT2D eigenvalue weighted by molar-refractivity contribution is -0.138. The molecule has 2 aliphatic rings. The zero-order valence-electron chi connectivity index (χ0n) is 14.5. The molecule has 25 heavy (non-hydrogen) atoms. The van der Waals surface area contributed by atoms with E-state index < -0.39 is 11.4 Å². The summed E-state index contributed by atoms with van der Waals surface area (Å²) in [6, 6.07) is 8.20. The topological polar surface area (TPSA) is 82.8 Å². The summed E-state index contributed by atoms with van der Waals surface area (Å²) < 4.78 is 11.3. The Morgan fingerprint density at radius 1 is 1.36 bits per heavy atom. The van der Waals surface area contributed by atoms with Crippen molar-refractivity contribution in [2.75, 3.05) is 33.4 Å². The zero-order chi connectivity index (χ0) is 17.9. The van der Waals surface area contributed by atoms with Gasteiger partial charge in [-0.3, -0.25) is 9.69 Å². The summed E-state index contributed by atoms with van der Waals surface area (Å²) in [6.07, 6.45) is 3.66. The maximum absolute atomic E-state index is 10.9. The molecule has 1 aliphatic heterocycles. The van der Waals surface area contributed by atoms with Gasteiger partial charge in [-0.05, 0) is 49.3 Å². The second kappa shape index (κ2) is 7.32. The maximum atomic E-state index is 10.9. The molecule has 0 bridgehead atoms. The molecule has 6 nitrogen and oxygen atoms in total. The van der Waals surface area contributed by atoms with Gasteiger partial charge in [-0.2, -0.15) is 5.26 Å². The fraction of sp³-hybridized carbons (Fsp3) is 0.579. The average molecular weight is 344 g/mol. The van der Waals surface area contributed by atoms with Crippen molar-refractivity contribution in [3.8, 4) is 17.6 Å². The first kappa shape index (κ1) is 17.6. The number of likely N-dealkylation sites (tertiary alicyclic amines) is 1. The van der Waals surface area contributed by atoms with E-state index in [-0.39, 0.29) is 6.54 Å². The fourth-order valence-electron chi connectivity index (χ4n) is 3.33. The van der Waals surface area contributed by atoms with Crippen LogP contribution < -0.4 is 9.47 Å². The summed E-state index contributed by atoms with van der Waals surface area (Å²) in [6.45, 7) is 1.92. The number of nitrogens with zero attached hydrogens (tertiary/aromatic N) is 2. The van der Waals surface area contributed by atoms with E-state index in [9.17, 15) is 10.1 Å². The number of piperidine rings is 1. The second-order valence-corrected chi connectivity index (χ2v) is 6.98. The number of nitriles is 1. The van der Waals surface area contributed by atoms with Gasteiger partial charge in [0.2, 0.25) is 0 Å². The van der Waals surface area contributed by atoms with Crippen LogP contribution in [-0.2, 0) is 10.2 Å². The minimum Gasteiger partial charge on any atom is -0.493 e. The number of rotatable bonds is 7. The molecule has 0 atom stereocenters. The molecule has 6 heteroatoms. The summed E-state index contributed by atoms with van der Waals surface area (Å²) in [5, 5.41) is 18.8. The van der Waals surface area contributed by atoms with Crippen molar-refractivity contribution >= 4 is 5.97 Å². The number of carboxylic acid groups (broad SMARTS) is 1. The lowest BCUT2D eigenvalue weighted by atomic mass is 9.74. The third-order valence-electron chi connectivity index (χ3n) is 5.17. The van der Waals surface area contributed by atoms with Gasteiger partial charge in [0.15, 0.2) is 11.5 Å². The van der Waals surface area contributed by atoms with Crippen LogP contribution in [-0.4, -0.2) is 49.3 Å². The van der Waals surface area contributed by atoms with Gasteiger partial charge in [-0.15, -0.1) is 0 Å². The minimum atomic E-state index is -0.829. The number of methoxy groups -OCH3 is 1. The highest BCUT2D eigenvalue weighted by molar-refractivity contribution is 5.69. The minimum absolute atomic E-state index is 0.0276. The van der Waals surface area contributed by atoms with E-state index in [1.807, 2.05) is 23.1 Å². The second-order valence-electron chi connectivity index (χ2n) is 6.98. The molecule has 0 spiro atoms. The van der Waals surface area contributed by atoms with Crippen LogP contribution in [0, 0.1) is 17.2 Å². The quantitative estimate of drug-likeness (QED) is 0.818. The number of ether oxygens (including phenoxy) is 2. The molecule has 1 aromatic rings. The summed E-state index contributed by atoms with van der Waals surface area (Å²) in [5.74, 6) is 1.18. The van der Waals surface area contributed by atoms with Gasteiger partial charge in [-0.1, -0.05) is 6.07 Å².